The first-order chi connectivity index (χ1) is 12.4. The molecule has 0 bridgehead atoms. The van der Waals surface area contributed by atoms with Crippen LogP contribution < -0.4 is 0 Å². The van der Waals surface area contributed by atoms with Crippen LogP contribution in [0.25, 0.3) is 0 Å². The molecule has 144 valence electrons. The van der Waals surface area contributed by atoms with Crippen LogP contribution >= 0.6 is 0 Å². The second-order valence-corrected chi connectivity index (χ2v) is 7.71. The molecule has 2 aliphatic carbocycles. The van der Waals surface area contributed by atoms with Crippen molar-refractivity contribution >= 4 is 11.9 Å². The largest absolute Gasteiger partial charge is 0.469 e. The van der Waals surface area contributed by atoms with Gasteiger partial charge in [0.15, 0.2) is 0 Å². The third kappa shape index (κ3) is 5.86. The fourth-order valence-corrected chi connectivity index (χ4v) is 3.50. The number of rotatable bonds is 4. The highest BCUT2D eigenvalue weighted by molar-refractivity contribution is 5.95. The zero-order chi connectivity index (χ0) is 19.1. The number of carbonyl (C=O) groups excluding carboxylic acids is 2. The standard InChI is InChI=1S/C19H27NO.C3H6O2/c1-14(2)15-8-10-16(11-9-15)19(21)20(18-12-13-18)17-6-4-3-5-7-17;1-3(4)5-2/h8-11,14,17-18H,3-7,12-13H2,1-2H3;1-2H3. The summed E-state index contributed by atoms with van der Waals surface area (Å²) in [7, 11) is 1.35. The number of hydrogen-bond acceptors (Lipinski definition) is 3. The van der Waals surface area contributed by atoms with E-state index in [1.165, 1.54) is 64.5 Å². The van der Waals surface area contributed by atoms with Crippen LogP contribution in [0.15, 0.2) is 24.3 Å². The molecular weight excluding hydrogens is 326 g/mol. The lowest BCUT2D eigenvalue weighted by atomic mass is 9.93. The molecule has 0 heterocycles. The van der Waals surface area contributed by atoms with E-state index in [4.69, 9.17) is 0 Å². The summed E-state index contributed by atoms with van der Waals surface area (Å²) in [6, 6.07) is 9.29. The maximum absolute atomic E-state index is 12.9. The first kappa shape index (κ1) is 20.5. The number of esters is 1. The molecule has 2 aliphatic rings. The van der Waals surface area contributed by atoms with Gasteiger partial charge in [-0.1, -0.05) is 45.2 Å². The molecule has 0 N–H and O–H groups in total. The average Bonchev–Trinajstić information content (AvgIpc) is 3.48. The van der Waals surface area contributed by atoms with E-state index in [1.54, 1.807) is 0 Å². The average molecular weight is 360 g/mol. The maximum atomic E-state index is 12.9. The van der Waals surface area contributed by atoms with Crippen LogP contribution in [0.1, 0.15) is 87.6 Å². The number of nitrogens with zero attached hydrogens (tertiary/aromatic N) is 1. The van der Waals surface area contributed by atoms with Gasteiger partial charge >= 0.3 is 5.97 Å². The molecule has 0 unspecified atom stereocenters. The Labute approximate surface area is 157 Å². The minimum Gasteiger partial charge on any atom is -0.469 e. The summed E-state index contributed by atoms with van der Waals surface area (Å²) >= 11 is 0. The Bertz CT molecular complexity index is 584. The second kappa shape index (κ2) is 9.75. The van der Waals surface area contributed by atoms with E-state index in [0.717, 1.165) is 5.56 Å². The molecular formula is C22H33NO3. The number of methoxy groups -OCH3 is 1. The van der Waals surface area contributed by atoms with Gasteiger partial charge in [-0.25, -0.2) is 0 Å². The topological polar surface area (TPSA) is 46.6 Å². The van der Waals surface area contributed by atoms with E-state index >= 15 is 0 Å². The predicted molar refractivity (Wildman–Crippen MR) is 104 cm³/mol. The molecule has 0 aromatic heterocycles. The van der Waals surface area contributed by atoms with Gasteiger partial charge in [-0.15, -0.1) is 0 Å². The van der Waals surface area contributed by atoms with Crippen molar-refractivity contribution in [2.75, 3.05) is 7.11 Å². The molecule has 2 fully saturated rings. The van der Waals surface area contributed by atoms with Crippen molar-refractivity contribution in [3.63, 3.8) is 0 Å². The van der Waals surface area contributed by atoms with Crippen LogP contribution in [0.4, 0.5) is 0 Å². The summed E-state index contributed by atoms with van der Waals surface area (Å²) < 4.78 is 4.11. The molecule has 2 saturated carbocycles. The minimum atomic E-state index is -0.245. The Morgan fingerprint density at radius 1 is 0.962 bits per heavy atom. The summed E-state index contributed by atoms with van der Waals surface area (Å²) in [4.78, 5) is 24.7. The number of amides is 1. The summed E-state index contributed by atoms with van der Waals surface area (Å²) in [5.74, 6) is 0.539. The van der Waals surface area contributed by atoms with Crippen LogP contribution in [0.5, 0.6) is 0 Å². The highest BCUT2D eigenvalue weighted by Gasteiger charge is 2.37. The van der Waals surface area contributed by atoms with Crippen LogP contribution in [0, 0.1) is 0 Å². The van der Waals surface area contributed by atoms with Gasteiger partial charge in [0.1, 0.15) is 0 Å². The van der Waals surface area contributed by atoms with Gasteiger partial charge in [-0.05, 0) is 49.3 Å². The summed E-state index contributed by atoms with van der Waals surface area (Å²) in [5, 5.41) is 0. The number of hydrogen-bond donors (Lipinski definition) is 0. The zero-order valence-electron chi connectivity index (χ0n) is 16.7. The predicted octanol–water partition coefficient (Wildman–Crippen LogP) is 4.93. The third-order valence-corrected chi connectivity index (χ3v) is 5.25. The van der Waals surface area contributed by atoms with Gasteiger partial charge in [-0.2, -0.15) is 0 Å². The molecule has 4 nitrogen and oxygen atoms in total. The second-order valence-electron chi connectivity index (χ2n) is 7.71. The number of benzene rings is 1. The van der Waals surface area contributed by atoms with E-state index < -0.39 is 0 Å². The first-order valence-corrected chi connectivity index (χ1v) is 9.91. The van der Waals surface area contributed by atoms with Crippen LogP contribution in [-0.2, 0) is 9.53 Å². The van der Waals surface area contributed by atoms with Gasteiger partial charge in [0.2, 0.25) is 0 Å². The zero-order valence-corrected chi connectivity index (χ0v) is 16.7. The summed E-state index contributed by atoms with van der Waals surface area (Å²) in [6.45, 7) is 5.74. The van der Waals surface area contributed by atoms with Gasteiger partial charge in [0.25, 0.3) is 5.91 Å². The SMILES string of the molecule is CC(C)c1ccc(C(=O)N(C2CCCCC2)C2CC2)cc1.COC(C)=O. The van der Waals surface area contributed by atoms with Crippen molar-refractivity contribution in [2.24, 2.45) is 0 Å². The molecule has 0 atom stereocenters. The Kier molecular flexibility index (Phi) is 7.67. The number of ether oxygens (including phenoxy) is 1. The smallest absolute Gasteiger partial charge is 0.302 e. The van der Waals surface area contributed by atoms with E-state index in [1.807, 2.05) is 12.1 Å². The van der Waals surface area contributed by atoms with Gasteiger partial charge < -0.3 is 9.64 Å². The molecule has 1 amide bonds. The molecule has 26 heavy (non-hydrogen) atoms. The summed E-state index contributed by atoms with van der Waals surface area (Å²) in [5.41, 5.74) is 2.18. The highest BCUT2D eigenvalue weighted by atomic mass is 16.5. The lowest BCUT2D eigenvalue weighted by molar-refractivity contribution is -0.137. The van der Waals surface area contributed by atoms with E-state index in [2.05, 4.69) is 35.6 Å². The third-order valence-electron chi connectivity index (χ3n) is 5.25. The molecule has 4 heteroatoms. The van der Waals surface area contributed by atoms with Crippen molar-refractivity contribution < 1.29 is 14.3 Å². The van der Waals surface area contributed by atoms with Gasteiger partial charge in [0, 0.05) is 24.6 Å². The molecule has 1 aromatic rings. The minimum absolute atomic E-state index is 0.245. The molecule has 0 radical (unpaired) electrons. The van der Waals surface area contributed by atoms with Crippen molar-refractivity contribution in [1.29, 1.82) is 0 Å². The lowest BCUT2D eigenvalue weighted by Gasteiger charge is -2.34. The molecule has 1 aromatic carbocycles. The molecule has 0 aliphatic heterocycles. The normalized spacial score (nSPS) is 17.3. The molecule has 0 saturated heterocycles. The fraction of sp³-hybridized carbons (Fsp3) is 0.636. The van der Waals surface area contributed by atoms with Gasteiger partial charge in [0.05, 0.1) is 7.11 Å². The van der Waals surface area contributed by atoms with Crippen molar-refractivity contribution in [2.45, 2.75) is 83.7 Å². The van der Waals surface area contributed by atoms with Crippen molar-refractivity contribution in [3.05, 3.63) is 35.4 Å². The number of carbonyl (C=O) groups is 2. The van der Waals surface area contributed by atoms with E-state index in [0.29, 0.717) is 18.0 Å². The van der Waals surface area contributed by atoms with E-state index in [9.17, 15) is 9.59 Å². The summed E-state index contributed by atoms with van der Waals surface area (Å²) in [6.07, 6.45) is 8.71. The Morgan fingerprint density at radius 2 is 1.46 bits per heavy atom. The van der Waals surface area contributed by atoms with Crippen LogP contribution in [0.2, 0.25) is 0 Å². The maximum Gasteiger partial charge on any atom is 0.302 e. The van der Waals surface area contributed by atoms with E-state index in [-0.39, 0.29) is 11.9 Å². The van der Waals surface area contributed by atoms with Crippen LogP contribution in [0.3, 0.4) is 0 Å². The quantitative estimate of drug-likeness (QED) is 0.716. The molecule has 0 spiro atoms. The molecule has 3 rings (SSSR count). The first-order valence-electron chi connectivity index (χ1n) is 9.91. The Hall–Kier alpha value is -1.84. The van der Waals surface area contributed by atoms with Crippen molar-refractivity contribution in [3.8, 4) is 0 Å². The lowest BCUT2D eigenvalue weighted by Crippen LogP contribution is -2.43. The Morgan fingerprint density at radius 3 is 1.88 bits per heavy atom. The highest BCUT2D eigenvalue weighted by Crippen LogP contribution is 2.35. The van der Waals surface area contributed by atoms with Gasteiger partial charge in [-0.3, -0.25) is 9.59 Å². The van der Waals surface area contributed by atoms with Crippen LogP contribution in [-0.4, -0.2) is 36.0 Å². The fourth-order valence-electron chi connectivity index (χ4n) is 3.50. The Balaban J connectivity index is 0.000000431. The van der Waals surface area contributed by atoms with Crippen molar-refractivity contribution in [1.82, 2.24) is 4.90 Å². The monoisotopic (exact) mass is 359 g/mol.